The number of rotatable bonds is 7. The molecular weight excluding hydrogens is 260 g/mol. The van der Waals surface area contributed by atoms with Gasteiger partial charge in [0.15, 0.2) is 5.43 Å². The molecule has 3 N–H and O–H groups in total. The summed E-state index contributed by atoms with van der Waals surface area (Å²) < 4.78 is 0. The van der Waals surface area contributed by atoms with Crippen molar-refractivity contribution < 1.29 is 14.7 Å². The van der Waals surface area contributed by atoms with Gasteiger partial charge >= 0.3 is 5.97 Å². The lowest BCUT2D eigenvalue weighted by atomic mass is 10.2. The first-order chi connectivity index (χ1) is 9.66. The number of aromatic nitrogens is 1. The molecule has 0 bridgehead atoms. The summed E-state index contributed by atoms with van der Waals surface area (Å²) in [5, 5.41) is 9.11. The number of nitrogens with one attached hydrogen (secondary N) is 2. The maximum atomic E-state index is 11.8. The van der Waals surface area contributed by atoms with Crippen LogP contribution in [-0.4, -0.2) is 22.6 Å². The highest BCUT2D eigenvalue weighted by molar-refractivity contribution is 5.78. The molecule has 0 saturated heterocycles. The van der Waals surface area contributed by atoms with Crippen LogP contribution in [0.15, 0.2) is 35.1 Å². The highest BCUT2D eigenvalue weighted by atomic mass is 16.6. The highest BCUT2D eigenvalue weighted by Crippen LogP contribution is 2.07. The maximum absolute atomic E-state index is 11.8. The van der Waals surface area contributed by atoms with Crippen molar-refractivity contribution in [2.75, 3.05) is 6.54 Å². The van der Waals surface area contributed by atoms with Gasteiger partial charge in [0.05, 0.1) is 0 Å². The van der Waals surface area contributed by atoms with Crippen LogP contribution in [0.5, 0.6) is 0 Å². The number of para-hydroxylation sites is 1. The van der Waals surface area contributed by atoms with E-state index < -0.39 is 5.97 Å². The largest absolute Gasteiger partial charge is 0.481 e. The van der Waals surface area contributed by atoms with Crippen LogP contribution in [0, 0.1) is 0 Å². The number of hydrogen-bond donors (Lipinski definition) is 3. The quantitative estimate of drug-likeness (QED) is 0.525. The Morgan fingerprint density at radius 1 is 1.35 bits per heavy atom. The molecule has 1 aromatic heterocycles. The third kappa shape index (κ3) is 3.91. The SMILES string of the molecule is O=C(O)CCCNOCc1cc(=O)c2ccccc2[nH]1. The first-order valence-electron chi connectivity index (χ1n) is 6.34. The molecule has 0 aliphatic rings. The van der Waals surface area contributed by atoms with Crippen molar-refractivity contribution in [3.8, 4) is 0 Å². The number of H-pyrrole nitrogens is 1. The van der Waals surface area contributed by atoms with Crippen LogP contribution in [0.3, 0.4) is 0 Å². The molecule has 0 spiro atoms. The Morgan fingerprint density at radius 3 is 2.95 bits per heavy atom. The van der Waals surface area contributed by atoms with E-state index in [0.717, 1.165) is 5.52 Å². The number of carboxylic acids is 1. The minimum atomic E-state index is -0.828. The average Bonchev–Trinajstić information content (AvgIpc) is 2.42. The first-order valence-corrected chi connectivity index (χ1v) is 6.34. The molecule has 1 aromatic carbocycles. The lowest BCUT2D eigenvalue weighted by Gasteiger charge is -2.06. The van der Waals surface area contributed by atoms with Crippen LogP contribution in [0.1, 0.15) is 18.5 Å². The Morgan fingerprint density at radius 2 is 2.15 bits per heavy atom. The lowest BCUT2D eigenvalue weighted by Crippen LogP contribution is -2.18. The van der Waals surface area contributed by atoms with Crippen LogP contribution in [0.2, 0.25) is 0 Å². The molecule has 0 radical (unpaired) electrons. The van der Waals surface area contributed by atoms with E-state index in [1.807, 2.05) is 18.2 Å². The second-order valence-electron chi connectivity index (χ2n) is 4.38. The predicted molar refractivity (Wildman–Crippen MR) is 74.2 cm³/mol. The Hall–Kier alpha value is -2.18. The van der Waals surface area contributed by atoms with E-state index in [9.17, 15) is 9.59 Å². The third-order valence-corrected chi connectivity index (χ3v) is 2.79. The van der Waals surface area contributed by atoms with Crippen LogP contribution < -0.4 is 10.9 Å². The summed E-state index contributed by atoms with van der Waals surface area (Å²) in [6.07, 6.45) is 0.590. The highest BCUT2D eigenvalue weighted by Gasteiger charge is 2.02. The summed E-state index contributed by atoms with van der Waals surface area (Å²) in [5.74, 6) is -0.828. The van der Waals surface area contributed by atoms with Crippen molar-refractivity contribution in [1.82, 2.24) is 10.5 Å². The third-order valence-electron chi connectivity index (χ3n) is 2.79. The molecule has 0 atom stereocenters. The maximum Gasteiger partial charge on any atom is 0.303 e. The standard InChI is InChI=1S/C14H16N2O4/c17-13-8-10(9-20-15-7-3-6-14(18)19)16-12-5-2-1-4-11(12)13/h1-2,4-5,8,15H,3,6-7,9H2,(H,16,17)(H,18,19). The molecule has 6 nitrogen and oxygen atoms in total. The van der Waals surface area contributed by atoms with Crippen molar-refractivity contribution in [2.24, 2.45) is 0 Å². The van der Waals surface area contributed by atoms with Crippen LogP contribution in [0.4, 0.5) is 0 Å². The first kappa shape index (κ1) is 14.2. The van der Waals surface area contributed by atoms with Gasteiger partial charge in [-0.1, -0.05) is 12.1 Å². The van der Waals surface area contributed by atoms with Crippen LogP contribution >= 0.6 is 0 Å². The Balaban J connectivity index is 1.87. The molecule has 0 amide bonds. The number of benzene rings is 1. The van der Waals surface area contributed by atoms with Gasteiger partial charge in [0.2, 0.25) is 0 Å². The van der Waals surface area contributed by atoms with E-state index in [-0.39, 0.29) is 18.5 Å². The molecule has 6 heteroatoms. The molecule has 1 heterocycles. The van der Waals surface area contributed by atoms with Gasteiger partial charge < -0.3 is 10.1 Å². The molecule has 0 aliphatic heterocycles. The smallest absolute Gasteiger partial charge is 0.303 e. The number of carbonyl (C=O) groups is 1. The Kier molecular flexibility index (Phi) is 4.86. The average molecular weight is 276 g/mol. The summed E-state index contributed by atoms with van der Waals surface area (Å²) >= 11 is 0. The summed E-state index contributed by atoms with van der Waals surface area (Å²) in [4.78, 5) is 30.5. The minimum Gasteiger partial charge on any atom is -0.481 e. The second-order valence-corrected chi connectivity index (χ2v) is 4.38. The zero-order chi connectivity index (χ0) is 14.4. The predicted octanol–water partition coefficient (Wildman–Crippen LogP) is 1.41. The van der Waals surface area contributed by atoms with Crippen molar-refractivity contribution in [3.63, 3.8) is 0 Å². The second kappa shape index (κ2) is 6.83. The summed E-state index contributed by atoms with van der Waals surface area (Å²) in [6.45, 7) is 0.664. The molecule has 2 rings (SSSR count). The van der Waals surface area contributed by atoms with Gasteiger partial charge in [-0.15, -0.1) is 0 Å². The van der Waals surface area contributed by atoms with E-state index >= 15 is 0 Å². The molecule has 0 aliphatic carbocycles. The number of hydroxylamine groups is 1. The van der Waals surface area contributed by atoms with Crippen molar-refractivity contribution in [1.29, 1.82) is 0 Å². The van der Waals surface area contributed by atoms with Crippen LogP contribution in [0.25, 0.3) is 10.9 Å². The number of aliphatic carboxylic acids is 1. The zero-order valence-corrected chi connectivity index (χ0v) is 10.9. The van der Waals surface area contributed by atoms with E-state index in [0.29, 0.717) is 24.0 Å². The van der Waals surface area contributed by atoms with Crippen LogP contribution in [-0.2, 0) is 16.2 Å². The Labute approximate surface area is 115 Å². The van der Waals surface area contributed by atoms with E-state index in [1.165, 1.54) is 6.07 Å². The van der Waals surface area contributed by atoms with E-state index in [4.69, 9.17) is 9.94 Å². The summed E-state index contributed by atoms with van der Waals surface area (Å²) in [5.41, 5.74) is 4.05. The van der Waals surface area contributed by atoms with Gasteiger partial charge in [-0.2, -0.15) is 0 Å². The topological polar surface area (TPSA) is 91.4 Å². The normalized spacial score (nSPS) is 10.8. The summed E-state index contributed by atoms with van der Waals surface area (Å²) in [7, 11) is 0. The molecule has 2 aromatic rings. The van der Waals surface area contributed by atoms with E-state index in [1.54, 1.807) is 6.07 Å². The Bertz CT molecular complexity index is 651. The molecule has 0 fully saturated rings. The van der Waals surface area contributed by atoms with Crippen molar-refractivity contribution >= 4 is 16.9 Å². The van der Waals surface area contributed by atoms with Gasteiger partial charge in [0.1, 0.15) is 6.61 Å². The molecule has 106 valence electrons. The van der Waals surface area contributed by atoms with Gasteiger partial charge in [0, 0.05) is 35.6 Å². The van der Waals surface area contributed by atoms with Crippen molar-refractivity contribution in [3.05, 3.63) is 46.2 Å². The fourth-order valence-electron chi connectivity index (χ4n) is 1.84. The van der Waals surface area contributed by atoms with Gasteiger partial charge in [0.25, 0.3) is 0 Å². The summed E-state index contributed by atoms with van der Waals surface area (Å²) in [6, 6.07) is 8.77. The number of fused-ring (bicyclic) bond motifs is 1. The van der Waals surface area contributed by atoms with Crippen molar-refractivity contribution in [2.45, 2.75) is 19.4 Å². The number of aromatic amines is 1. The number of hydrogen-bond acceptors (Lipinski definition) is 4. The molecule has 0 saturated carbocycles. The number of carboxylic acid groups (broad SMARTS) is 1. The minimum absolute atomic E-state index is 0.0520. The molecule has 20 heavy (non-hydrogen) atoms. The van der Waals surface area contributed by atoms with Gasteiger partial charge in [-0.25, -0.2) is 5.48 Å². The lowest BCUT2D eigenvalue weighted by molar-refractivity contribution is -0.137. The monoisotopic (exact) mass is 276 g/mol. The molecular formula is C14H16N2O4. The van der Waals surface area contributed by atoms with E-state index in [2.05, 4.69) is 10.5 Å². The number of pyridine rings is 1. The fraction of sp³-hybridized carbons (Fsp3) is 0.286. The molecule has 0 unspecified atom stereocenters. The van der Waals surface area contributed by atoms with Gasteiger partial charge in [-0.05, 0) is 18.6 Å². The zero-order valence-electron chi connectivity index (χ0n) is 10.9. The fourth-order valence-corrected chi connectivity index (χ4v) is 1.84. The van der Waals surface area contributed by atoms with Gasteiger partial charge in [-0.3, -0.25) is 14.4 Å².